The highest BCUT2D eigenvalue weighted by atomic mass is 35.5. The topological polar surface area (TPSA) is 84.1 Å². The molecule has 0 spiro atoms. The van der Waals surface area contributed by atoms with E-state index < -0.39 is 0 Å². The molecule has 0 atom stereocenters. The van der Waals surface area contributed by atoms with E-state index in [1.807, 2.05) is 13.0 Å². The Balaban J connectivity index is 1.73. The van der Waals surface area contributed by atoms with Gasteiger partial charge in [0.25, 0.3) is 5.91 Å². The summed E-state index contributed by atoms with van der Waals surface area (Å²) in [6, 6.07) is 8.54. The third-order valence-corrected chi connectivity index (χ3v) is 4.97. The molecule has 0 aliphatic carbocycles. The summed E-state index contributed by atoms with van der Waals surface area (Å²) in [5.74, 6) is 0.0416. The second-order valence-electron chi connectivity index (χ2n) is 6.00. The van der Waals surface area contributed by atoms with Crippen LogP contribution in [0.4, 0.5) is 0 Å². The number of carbonyl (C=O) groups excluding carboxylic acids is 1. The summed E-state index contributed by atoms with van der Waals surface area (Å²) in [7, 11) is 0. The maximum Gasteiger partial charge on any atom is 0.255 e. The van der Waals surface area contributed by atoms with Gasteiger partial charge in [0, 0.05) is 19.3 Å². The predicted octanol–water partition coefficient (Wildman–Crippen LogP) is 3.46. The van der Waals surface area contributed by atoms with Gasteiger partial charge in [-0.05, 0) is 30.7 Å². The van der Waals surface area contributed by atoms with E-state index in [9.17, 15) is 4.79 Å². The predicted molar refractivity (Wildman–Crippen MR) is 103 cm³/mol. The van der Waals surface area contributed by atoms with Crippen LogP contribution in [0, 0.1) is 17.7 Å². The van der Waals surface area contributed by atoms with Crippen molar-refractivity contribution in [3.8, 4) is 0 Å². The van der Waals surface area contributed by atoms with Crippen molar-refractivity contribution >= 4 is 40.8 Å². The van der Waals surface area contributed by atoms with E-state index in [1.54, 1.807) is 35.4 Å². The Morgan fingerprint density at radius 2 is 1.96 bits per heavy atom. The highest BCUT2D eigenvalue weighted by molar-refractivity contribution is 6.43. The van der Waals surface area contributed by atoms with Gasteiger partial charge in [-0.25, -0.2) is 0 Å². The lowest BCUT2D eigenvalue weighted by Gasteiger charge is -2.36. The van der Waals surface area contributed by atoms with Gasteiger partial charge >= 0.3 is 0 Å². The summed E-state index contributed by atoms with van der Waals surface area (Å²) in [6.45, 7) is 2.74. The number of aromatic nitrogens is 1. The highest BCUT2D eigenvalue weighted by Crippen LogP contribution is 2.27. The Kier molecular flexibility index (Phi) is 5.25. The van der Waals surface area contributed by atoms with Crippen molar-refractivity contribution in [2.75, 3.05) is 19.6 Å². The zero-order chi connectivity index (χ0) is 18.8. The Hall–Kier alpha value is -2.44. The molecule has 2 N–H and O–H groups in total. The van der Waals surface area contributed by atoms with Gasteiger partial charge in [-0.15, -0.1) is 0 Å². The fraction of sp³-hybridized carbons (Fsp3) is 0.222. The number of pyridine rings is 1. The van der Waals surface area contributed by atoms with E-state index in [1.165, 1.54) is 4.90 Å². The molecule has 1 aliphatic heterocycles. The van der Waals surface area contributed by atoms with E-state index in [0.717, 1.165) is 5.56 Å². The van der Waals surface area contributed by atoms with E-state index in [2.05, 4.69) is 4.98 Å². The molecule has 0 saturated carbocycles. The standard InChI is InChI=1S/C18H17Cl2N5O/c1-11-5-6-14(23-9-11)17(22)25-8-7-24(10-15(25)21)18(26)12-3-2-4-13(19)16(12)20/h2-6,9,21-22H,7-8,10H2,1H3. The van der Waals surface area contributed by atoms with Gasteiger partial charge in [-0.3, -0.25) is 20.6 Å². The average molecular weight is 390 g/mol. The molecule has 1 aromatic carbocycles. The smallest absolute Gasteiger partial charge is 0.255 e. The molecule has 26 heavy (non-hydrogen) atoms. The van der Waals surface area contributed by atoms with Crippen molar-refractivity contribution in [2.45, 2.75) is 6.92 Å². The van der Waals surface area contributed by atoms with E-state index in [-0.39, 0.29) is 29.1 Å². The molecule has 1 saturated heterocycles. The van der Waals surface area contributed by atoms with Crippen LogP contribution in [0.1, 0.15) is 21.6 Å². The number of aryl methyl sites for hydroxylation is 1. The minimum Gasteiger partial charge on any atom is -0.329 e. The van der Waals surface area contributed by atoms with Crippen LogP contribution in [-0.2, 0) is 0 Å². The van der Waals surface area contributed by atoms with Gasteiger partial charge in [0.1, 0.15) is 11.5 Å². The number of hydrogen-bond acceptors (Lipinski definition) is 4. The molecule has 0 radical (unpaired) electrons. The van der Waals surface area contributed by atoms with Crippen LogP contribution in [0.5, 0.6) is 0 Å². The lowest BCUT2D eigenvalue weighted by atomic mass is 10.1. The third kappa shape index (κ3) is 3.57. The summed E-state index contributed by atoms with van der Waals surface area (Å²) in [4.78, 5) is 20.0. The van der Waals surface area contributed by atoms with Crippen molar-refractivity contribution in [1.82, 2.24) is 14.8 Å². The Bertz CT molecular complexity index is 882. The summed E-state index contributed by atoms with van der Waals surface area (Å²) in [5, 5.41) is 17.1. The number of carbonyl (C=O) groups is 1. The first kappa shape index (κ1) is 18.4. The maximum absolute atomic E-state index is 12.7. The number of amides is 1. The molecule has 0 unspecified atom stereocenters. The first-order chi connectivity index (χ1) is 12.4. The molecule has 1 amide bonds. The Labute approximate surface area is 161 Å². The van der Waals surface area contributed by atoms with Crippen molar-refractivity contribution in [2.24, 2.45) is 0 Å². The second kappa shape index (κ2) is 7.43. The summed E-state index contributed by atoms with van der Waals surface area (Å²) < 4.78 is 0. The Morgan fingerprint density at radius 3 is 2.62 bits per heavy atom. The SMILES string of the molecule is Cc1ccc(C(=N)N2CCN(C(=O)c3cccc(Cl)c3Cl)CC2=N)nc1. The molecule has 0 bridgehead atoms. The van der Waals surface area contributed by atoms with Gasteiger partial charge in [-0.1, -0.05) is 35.3 Å². The molecule has 3 rings (SSSR count). The number of nitrogens with one attached hydrogen (secondary N) is 2. The zero-order valence-electron chi connectivity index (χ0n) is 14.1. The molecule has 1 fully saturated rings. The molecule has 2 aromatic rings. The van der Waals surface area contributed by atoms with Crippen LogP contribution in [0.15, 0.2) is 36.5 Å². The largest absolute Gasteiger partial charge is 0.329 e. The molecule has 2 heterocycles. The minimum absolute atomic E-state index is 0.0932. The quantitative estimate of drug-likeness (QED) is 0.609. The average Bonchev–Trinajstić information content (AvgIpc) is 2.63. The van der Waals surface area contributed by atoms with Crippen LogP contribution >= 0.6 is 23.2 Å². The number of piperazine rings is 1. The summed E-state index contributed by atoms with van der Waals surface area (Å²) in [5.41, 5.74) is 1.82. The number of benzene rings is 1. The van der Waals surface area contributed by atoms with Crippen molar-refractivity contribution in [1.29, 1.82) is 10.8 Å². The van der Waals surface area contributed by atoms with Crippen LogP contribution in [0.3, 0.4) is 0 Å². The van der Waals surface area contributed by atoms with Crippen molar-refractivity contribution in [3.05, 3.63) is 63.4 Å². The van der Waals surface area contributed by atoms with Gasteiger partial charge in [0.2, 0.25) is 0 Å². The number of rotatable bonds is 2. The van der Waals surface area contributed by atoms with Crippen LogP contribution in [0.25, 0.3) is 0 Å². The normalized spacial score (nSPS) is 14.5. The lowest BCUT2D eigenvalue weighted by molar-refractivity contribution is 0.0757. The molecule has 1 aliphatic rings. The number of hydrogen-bond donors (Lipinski definition) is 2. The Morgan fingerprint density at radius 1 is 1.19 bits per heavy atom. The van der Waals surface area contributed by atoms with Crippen LogP contribution < -0.4 is 0 Å². The molecule has 8 heteroatoms. The van der Waals surface area contributed by atoms with Crippen molar-refractivity contribution in [3.63, 3.8) is 0 Å². The third-order valence-electron chi connectivity index (χ3n) is 4.15. The van der Waals surface area contributed by atoms with Gasteiger partial charge in [0.05, 0.1) is 22.2 Å². The minimum atomic E-state index is -0.276. The maximum atomic E-state index is 12.7. The monoisotopic (exact) mass is 389 g/mol. The summed E-state index contributed by atoms with van der Waals surface area (Å²) >= 11 is 12.1. The lowest BCUT2D eigenvalue weighted by Crippen LogP contribution is -2.54. The van der Waals surface area contributed by atoms with Gasteiger partial charge in [-0.2, -0.15) is 0 Å². The number of amidine groups is 2. The highest BCUT2D eigenvalue weighted by Gasteiger charge is 2.29. The zero-order valence-corrected chi connectivity index (χ0v) is 15.6. The molecular formula is C18H17Cl2N5O. The van der Waals surface area contributed by atoms with E-state index >= 15 is 0 Å². The van der Waals surface area contributed by atoms with Crippen molar-refractivity contribution < 1.29 is 4.79 Å². The first-order valence-corrected chi connectivity index (χ1v) is 8.74. The molecular weight excluding hydrogens is 373 g/mol. The van der Waals surface area contributed by atoms with E-state index in [4.69, 9.17) is 34.0 Å². The summed E-state index contributed by atoms with van der Waals surface area (Å²) in [6.07, 6.45) is 1.69. The fourth-order valence-electron chi connectivity index (χ4n) is 2.71. The molecule has 1 aromatic heterocycles. The van der Waals surface area contributed by atoms with Gasteiger partial charge in [0.15, 0.2) is 5.84 Å². The number of nitrogens with zero attached hydrogens (tertiary/aromatic N) is 3. The van der Waals surface area contributed by atoms with Crippen LogP contribution in [0.2, 0.25) is 10.0 Å². The number of halogens is 2. The molecule has 6 nitrogen and oxygen atoms in total. The van der Waals surface area contributed by atoms with Gasteiger partial charge < -0.3 is 9.80 Å². The molecule has 134 valence electrons. The second-order valence-corrected chi connectivity index (χ2v) is 6.78. The van der Waals surface area contributed by atoms with Crippen LogP contribution in [-0.4, -0.2) is 52.0 Å². The van der Waals surface area contributed by atoms with E-state index in [0.29, 0.717) is 29.4 Å². The fourth-order valence-corrected chi connectivity index (χ4v) is 3.09. The first-order valence-electron chi connectivity index (χ1n) is 7.98.